The molecule has 1 aromatic heterocycles. The fourth-order valence-electron chi connectivity index (χ4n) is 2.41. The monoisotopic (exact) mass is 210 g/mol. The Morgan fingerprint density at radius 2 is 2.29 bits per heavy atom. The van der Waals surface area contributed by atoms with Crippen LogP contribution >= 0.6 is 12.2 Å². The van der Waals surface area contributed by atoms with Crippen LogP contribution in [-0.4, -0.2) is 9.55 Å². The van der Waals surface area contributed by atoms with E-state index < -0.39 is 0 Å². The van der Waals surface area contributed by atoms with Gasteiger partial charge in [0.2, 0.25) is 0 Å². The van der Waals surface area contributed by atoms with Crippen LogP contribution in [0.5, 0.6) is 0 Å². The minimum Gasteiger partial charge on any atom is -0.337 e. The topological polar surface area (TPSA) is 20.7 Å². The summed E-state index contributed by atoms with van der Waals surface area (Å²) in [7, 11) is 0. The summed E-state index contributed by atoms with van der Waals surface area (Å²) < 4.78 is 3.03. The minimum absolute atomic E-state index is 0.825. The Hall–Kier alpha value is -0.570. The van der Waals surface area contributed by atoms with E-state index in [1.54, 1.807) is 0 Å². The van der Waals surface area contributed by atoms with Gasteiger partial charge in [0.15, 0.2) is 4.77 Å². The Morgan fingerprint density at radius 3 is 2.93 bits per heavy atom. The first kappa shape index (κ1) is 9.97. The third-order valence-corrected chi connectivity index (χ3v) is 3.79. The zero-order chi connectivity index (χ0) is 9.97. The van der Waals surface area contributed by atoms with Crippen LogP contribution in [0.15, 0.2) is 12.4 Å². The van der Waals surface area contributed by atoms with Gasteiger partial charge in [-0.1, -0.05) is 26.2 Å². The smallest absolute Gasteiger partial charge is 0.177 e. The lowest BCUT2D eigenvalue weighted by molar-refractivity contribution is 0.228. The summed E-state index contributed by atoms with van der Waals surface area (Å²) in [5.74, 6) is 1.69. The van der Waals surface area contributed by atoms with Crippen LogP contribution < -0.4 is 0 Å². The van der Waals surface area contributed by atoms with Crippen LogP contribution in [0.3, 0.4) is 0 Å². The number of hydrogen-bond donors (Lipinski definition) is 1. The quantitative estimate of drug-likeness (QED) is 0.742. The zero-order valence-corrected chi connectivity index (χ0v) is 9.52. The van der Waals surface area contributed by atoms with Crippen molar-refractivity contribution in [2.75, 3.05) is 0 Å². The maximum atomic E-state index is 5.20. The lowest BCUT2D eigenvalue weighted by Crippen LogP contribution is -2.21. The number of aromatic amines is 1. The van der Waals surface area contributed by atoms with E-state index in [-0.39, 0.29) is 0 Å². The normalized spacial score (nSPS) is 27.8. The fraction of sp³-hybridized carbons (Fsp3) is 0.727. The molecule has 78 valence electrons. The van der Waals surface area contributed by atoms with Crippen LogP contribution in [0.2, 0.25) is 0 Å². The molecule has 0 spiro atoms. The van der Waals surface area contributed by atoms with E-state index >= 15 is 0 Å². The Kier molecular flexibility index (Phi) is 3.06. The molecule has 0 amide bonds. The molecule has 2 unspecified atom stereocenters. The van der Waals surface area contributed by atoms with Crippen molar-refractivity contribution in [1.29, 1.82) is 0 Å². The highest BCUT2D eigenvalue weighted by Gasteiger charge is 2.21. The highest BCUT2D eigenvalue weighted by Crippen LogP contribution is 2.30. The summed E-state index contributed by atoms with van der Waals surface area (Å²) in [6.45, 7) is 3.48. The molecule has 1 aliphatic carbocycles. The van der Waals surface area contributed by atoms with Gasteiger partial charge in [-0.2, -0.15) is 0 Å². The second-order valence-corrected chi connectivity index (χ2v) is 4.83. The molecule has 1 aliphatic rings. The van der Waals surface area contributed by atoms with Crippen LogP contribution in [0.1, 0.15) is 32.6 Å². The van der Waals surface area contributed by atoms with E-state index in [2.05, 4.69) is 22.7 Å². The first-order chi connectivity index (χ1) is 6.77. The lowest BCUT2D eigenvalue weighted by atomic mass is 9.80. The number of imidazole rings is 1. The summed E-state index contributed by atoms with van der Waals surface area (Å²) in [6.07, 6.45) is 9.55. The summed E-state index contributed by atoms with van der Waals surface area (Å²) in [4.78, 5) is 3.05. The van der Waals surface area contributed by atoms with Gasteiger partial charge in [0.05, 0.1) is 0 Å². The van der Waals surface area contributed by atoms with Crippen molar-refractivity contribution in [3.8, 4) is 0 Å². The Labute approximate surface area is 90.3 Å². The predicted octanol–water partition coefficient (Wildman–Crippen LogP) is 3.37. The summed E-state index contributed by atoms with van der Waals surface area (Å²) in [6, 6.07) is 0. The highest BCUT2D eigenvalue weighted by molar-refractivity contribution is 7.71. The standard InChI is InChI=1S/C11H18N2S/c1-9-4-2-3-5-10(9)8-13-7-6-12-11(13)14/h6-7,9-10H,2-5,8H2,1H3,(H,12,14). The number of H-pyrrole nitrogens is 1. The van der Waals surface area contributed by atoms with Crippen LogP contribution in [-0.2, 0) is 6.54 Å². The van der Waals surface area contributed by atoms with E-state index in [0.717, 1.165) is 23.2 Å². The van der Waals surface area contributed by atoms with Crippen molar-refractivity contribution in [3.63, 3.8) is 0 Å². The molecule has 1 saturated carbocycles. The summed E-state index contributed by atoms with van der Waals surface area (Å²) in [5, 5.41) is 0. The Balaban J connectivity index is 2.03. The second kappa shape index (κ2) is 4.30. The Morgan fingerprint density at radius 1 is 1.50 bits per heavy atom. The van der Waals surface area contributed by atoms with Crippen molar-refractivity contribution in [3.05, 3.63) is 17.2 Å². The molecule has 0 bridgehead atoms. The Bertz CT molecular complexity index is 339. The van der Waals surface area contributed by atoms with E-state index in [1.165, 1.54) is 25.7 Å². The average Bonchev–Trinajstić information content (AvgIpc) is 2.56. The van der Waals surface area contributed by atoms with Crippen molar-refractivity contribution in [2.45, 2.75) is 39.2 Å². The van der Waals surface area contributed by atoms with Gasteiger partial charge in [-0.25, -0.2) is 0 Å². The number of nitrogens with one attached hydrogen (secondary N) is 1. The molecule has 1 aromatic rings. The van der Waals surface area contributed by atoms with Gasteiger partial charge in [-0.05, 0) is 30.5 Å². The first-order valence-corrected chi connectivity index (χ1v) is 5.92. The van der Waals surface area contributed by atoms with E-state index in [4.69, 9.17) is 12.2 Å². The molecule has 0 aromatic carbocycles. The maximum absolute atomic E-state index is 5.20. The van der Waals surface area contributed by atoms with Gasteiger partial charge in [-0.15, -0.1) is 0 Å². The molecule has 2 atom stereocenters. The van der Waals surface area contributed by atoms with Crippen molar-refractivity contribution in [2.24, 2.45) is 11.8 Å². The zero-order valence-electron chi connectivity index (χ0n) is 8.70. The van der Waals surface area contributed by atoms with Gasteiger partial charge in [0.1, 0.15) is 0 Å². The van der Waals surface area contributed by atoms with E-state index in [0.29, 0.717) is 0 Å². The minimum atomic E-state index is 0.825. The van der Waals surface area contributed by atoms with Gasteiger partial charge in [0, 0.05) is 18.9 Å². The SMILES string of the molecule is CC1CCCCC1Cn1cc[nH]c1=S. The number of aromatic nitrogens is 2. The second-order valence-electron chi connectivity index (χ2n) is 4.44. The molecule has 1 heterocycles. The van der Waals surface area contributed by atoms with E-state index in [1.807, 2.05) is 6.20 Å². The van der Waals surface area contributed by atoms with Crippen LogP contribution in [0, 0.1) is 16.6 Å². The first-order valence-electron chi connectivity index (χ1n) is 5.51. The van der Waals surface area contributed by atoms with Gasteiger partial charge < -0.3 is 9.55 Å². The molecule has 3 heteroatoms. The lowest BCUT2D eigenvalue weighted by Gasteiger charge is -2.28. The molecule has 2 rings (SSSR count). The third kappa shape index (κ3) is 2.08. The molecular formula is C11H18N2S. The number of rotatable bonds is 2. The van der Waals surface area contributed by atoms with E-state index in [9.17, 15) is 0 Å². The van der Waals surface area contributed by atoms with Crippen molar-refractivity contribution < 1.29 is 0 Å². The van der Waals surface area contributed by atoms with Gasteiger partial charge in [0.25, 0.3) is 0 Å². The summed E-state index contributed by atoms with van der Waals surface area (Å²) in [5.41, 5.74) is 0. The average molecular weight is 210 g/mol. The molecule has 0 saturated heterocycles. The molecule has 0 radical (unpaired) electrons. The van der Waals surface area contributed by atoms with Gasteiger partial charge in [-0.3, -0.25) is 0 Å². The third-order valence-electron chi connectivity index (χ3n) is 3.44. The van der Waals surface area contributed by atoms with Crippen molar-refractivity contribution >= 4 is 12.2 Å². The molecule has 1 fully saturated rings. The largest absolute Gasteiger partial charge is 0.337 e. The fourth-order valence-corrected chi connectivity index (χ4v) is 2.61. The van der Waals surface area contributed by atoms with Crippen molar-refractivity contribution in [1.82, 2.24) is 9.55 Å². The molecule has 14 heavy (non-hydrogen) atoms. The molecule has 1 N–H and O–H groups in total. The molecule has 0 aliphatic heterocycles. The van der Waals surface area contributed by atoms with Crippen LogP contribution in [0.25, 0.3) is 0 Å². The maximum Gasteiger partial charge on any atom is 0.177 e. The summed E-state index contributed by atoms with van der Waals surface area (Å²) >= 11 is 5.20. The van der Waals surface area contributed by atoms with Crippen LogP contribution in [0.4, 0.5) is 0 Å². The van der Waals surface area contributed by atoms with Gasteiger partial charge >= 0.3 is 0 Å². The molecule has 2 nitrogen and oxygen atoms in total. The highest BCUT2D eigenvalue weighted by atomic mass is 32.1. The number of nitrogens with zero attached hydrogens (tertiary/aromatic N) is 1. The number of hydrogen-bond acceptors (Lipinski definition) is 1. The predicted molar refractivity (Wildman–Crippen MR) is 60.7 cm³/mol. The molecular weight excluding hydrogens is 192 g/mol.